The van der Waals surface area contributed by atoms with Gasteiger partial charge in [0.25, 0.3) is 5.69 Å². The summed E-state index contributed by atoms with van der Waals surface area (Å²) in [6, 6.07) is 6.60. The molecule has 0 aliphatic heterocycles. The molecule has 3 N–H and O–H groups in total. The molecule has 0 amide bonds. The van der Waals surface area contributed by atoms with Gasteiger partial charge in [0.05, 0.1) is 16.0 Å². The van der Waals surface area contributed by atoms with Crippen LogP contribution in [0.3, 0.4) is 0 Å². The molecule has 0 aliphatic carbocycles. The van der Waals surface area contributed by atoms with Gasteiger partial charge in [-0.15, -0.1) is 0 Å². The lowest BCUT2D eigenvalue weighted by molar-refractivity contribution is -0.383. The van der Waals surface area contributed by atoms with Crippen molar-refractivity contribution in [3.05, 3.63) is 40.6 Å². The second-order valence-electron chi connectivity index (χ2n) is 5.51. The van der Waals surface area contributed by atoms with Crippen molar-refractivity contribution in [2.75, 3.05) is 18.4 Å². The molecule has 2 rings (SSSR count). The van der Waals surface area contributed by atoms with E-state index in [0.717, 1.165) is 5.69 Å². The fourth-order valence-corrected chi connectivity index (χ4v) is 1.87. The number of hydrogen-bond acceptors (Lipinski definition) is 5. The van der Waals surface area contributed by atoms with Crippen LogP contribution in [0.4, 0.5) is 11.4 Å². The molecule has 0 unspecified atom stereocenters. The third-order valence-corrected chi connectivity index (χ3v) is 3.25. The maximum Gasteiger partial charge on any atom is 0.278 e. The average Bonchev–Trinajstić information content (AvgIpc) is 2.44. The van der Waals surface area contributed by atoms with E-state index < -0.39 is 4.92 Å². The van der Waals surface area contributed by atoms with Crippen LogP contribution in [-0.2, 0) is 0 Å². The van der Waals surface area contributed by atoms with Crippen LogP contribution in [0.1, 0.15) is 13.8 Å². The summed E-state index contributed by atoms with van der Waals surface area (Å²) in [6.45, 7) is 5.34. The van der Waals surface area contributed by atoms with Gasteiger partial charge in [0.2, 0.25) is 0 Å². The van der Waals surface area contributed by atoms with Crippen molar-refractivity contribution >= 4 is 22.3 Å². The number of nitrogens with zero attached hydrogens (tertiary/aromatic N) is 2. The van der Waals surface area contributed by atoms with Gasteiger partial charge in [-0.2, -0.15) is 0 Å². The predicted octanol–water partition coefficient (Wildman–Crippen LogP) is 2.54. The first kappa shape index (κ1) is 14.2. The Hall–Kier alpha value is -2.21. The molecule has 0 saturated heterocycles. The van der Waals surface area contributed by atoms with Crippen LogP contribution in [0.25, 0.3) is 10.9 Å². The summed E-state index contributed by atoms with van der Waals surface area (Å²) in [6.07, 6.45) is 1.63. The second kappa shape index (κ2) is 5.42. The summed E-state index contributed by atoms with van der Waals surface area (Å²) in [5, 5.41) is 14.8. The molecule has 1 aromatic heterocycles. The number of nitrogens with one attached hydrogen (secondary N) is 1. The Morgan fingerprint density at radius 2 is 2.15 bits per heavy atom. The second-order valence-corrected chi connectivity index (χ2v) is 5.51. The molecule has 0 spiro atoms. The molecular weight excluding hydrogens is 256 g/mol. The van der Waals surface area contributed by atoms with E-state index in [1.54, 1.807) is 24.4 Å². The molecule has 6 nitrogen and oxygen atoms in total. The lowest BCUT2D eigenvalue weighted by Crippen LogP contribution is -2.31. The van der Waals surface area contributed by atoms with E-state index in [9.17, 15) is 10.1 Å². The number of non-ortho nitro benzene ring substituents is 1. The van der Waals surface area contributed by atoms with Crippen LogP contribution >= 0.6 is 0 Å². The molecule has 0 fully saturated rings. The third kappa shape index (κ3) is 2.85. The number of hydrogen-bond donors (Lipinski definition) is 2. The topological polar surface area (TPSA) is 94.1 Å². The number of aromatic nitrogens is 1. The molecule has 0 saturated carbocycles. The number of anilines is 1. The largest absolute Gasteiger partial charge is 0.383 e. The van der Waals surface area contributed by atoms with Gasteiger partial charge in [-0.25, -0.2) is 0 Å². The van der Waals surface area contributed by atoms with Crippen LogP contribution in [0.2, 0.25) is 0 Å². The summed E-state index contributed by atoms with van der Waals surface area (Å²) in [5.74, 6) is 0. The van der Waals surface area contributed by atoms with Gasteiger partial charge in [-0.05, 0) is 30.2 Å². The summed E-state index contributed by atoms with van der Waals surface area (Å²) in [5.41, 5.74) is 7.11. The lowest BCUT2D eigenvalue weighted by Gasteiger charge is -2.23. The van der Waals surface area contributed by atoms with E-state index >= 15 is 0 Å². The highest BCUT2D eigenvalue weighted by molar-refractivity contribution is 5.96. The van der Waals surface area contributed by atoms with Crippen LogP contribution in [0.5, 0.6) is 0 Å². The molecule has 0 bridgehead atoms. The standard InChI is InChI=1S/C14H18N4O2/c1-14(2,8-15)9-17-11-5-6-12(18(19)20)10-4-3-7-16-13(10)11/h3-7,17H,8-9,15H2,1-2H3. The molecule has 20 heavy (non-hydrogen) atoms. The van der Waals surface area contributed by atoms with E-state index in [2.05, 4.69) is 24.1 Å². The minimum Gasteiger partial charge on any atom is -0.383 e. The minimum absolute atomic E-state index is 0.0527. The highest BCUT2D eigenvalue weighted by Gasteiger charge is 2.18. The van der Waals surface area contributed by atoms with Crippen molar-refractivity contribution in [3.63, 3.8) is 0 Å². The zero-order valence-electron chi connectivity index (χ0n) is 11.6. The summed E-state index contributed by atoms with van der Waals surface area (Å²) >= 11 is 0. The number of fused-ring (bicyclic) bond motifs is 1. The molecule has 0 radical (unpaired) electrons. The highest BCUT2D eigenvalue weighted by Crippen LogP contribution is 2.30. The van der Waals surface area contributed by atoms with Crippen molar-refractivity contribution in [3.8, 4) is 0 Å². The maximum absolute atomic E-state index is 11.0. The molecule has 1 aromatic carbocycles. The Bertz CT molecular complexity index is 640. The number of nitrogens with two attached hydrogens (primary N) is 1. The van der Waals surface area contributed by atoms with Crippen molar-refractivity contribution in [2.45, 2.75) is 13.8 Å². The van der Waals surface area contributed by atoms with Gasteiger partial charge in [-0.1, -0.05) is 13.8 Å². The number of benzene rings is 1. The fraction of sp³-hybridized carbons (Fsp3) is 0.357. The van der Waals surface area contributed by atoms with Crippen LogP contribution in [-0.4, -0.2) is 23.0 Å². The zero-order chi connectivity index (χ0) is 14.8. The Morgan fingerprint density at radius 3 is 2.80 bits per heavy atom. The summed E-state index contributed by atoms with van der Waals surface area (Å²) in [7, 11) is 0. The van der Waals surface area contributed by atoms with Gasteiger partial charge in [0, 0.05) is 18.8 Å². The SMILES string of the molecule is CC(C)(CN)CNc1ccc([N+](=O)[O-])c2cccnc12. The Labute approximate surface area is 117 Å². The third-order valence-electron chi connectivity index (χ3n) is 3.25. The Kier molecular flexibility index (Phi) is 3.85. The smallest absolute Gasteiger partial charge is 0.278 e. The number of nitro groups is 1. The highest BCUT2D eigenvalue weighted by atomic mass is 16.6. The van der Waals surface area contributed by atoms with Crippen LogP contribution < -0.4 is 11.1 Å². The minimum atomic E-state index is -0.391. The van der Waals surface area contributed by atoms with Crippen molar-refractivity contribution in [1.82, 2.24) is 4.98 Å². The molecule has 0 atom stereocenters. The van der Waals surface area contributed by atoms with Crippen LogP contribution in [0.15, 0.2) is 30.5 Å². The first-order chi connectivity index (χ1) is 9.44. The quantitative estimate of drug-likeness (QED) is 0.645. The van der Waals surface area contributed by atoms with Gasteiger partial charge in [-0.3, -0.25) is 15.1 Å². The van der Waals surface area contributed by atoms with Gasteiger partial charge in [0.1, 0.15) is 5.52 Å². The molecule has 6 heteroatoms. The van der Waals surface area contributed by atoms with Gasteiger partial charge >= 0.3 is 0 Å². The molecule has 106 valence electrons. The summed E-state index contributed by atoms with van der Waals surface area (Å²) in [4.78, 5) is 14.9. The van der Waals surface area contributed by atoms with E-state index in [1.165, 1.54) is 6.07 Å². The fourth-order valence-electron chi connectivity index (χ4n) is 1.87. The van der Waals surface area contributed by atoms with E-state index in [0.29, 0.717) is 24.0 Å². The van der Waals surface area contributed by atoms with E-state index in [4.69, 9.17) is 5.73 Å². The van der Waals surface area contributed by atoms with Gasteiger partial charge < -0.3 is 11.1 Å². The van der Waals surface area contributed by atoms with Crippen molar-refractivity contribution < 1.29 is 4.92 Å². The normalized spacial score (nSPS) is 11.6. The lowest BCUT2D eigenvalue weighted by atomic mass is 9.94. The molecular formula is C14H18N4O2. The first-order valence-electron chi connectivity index (χ1n) is 6.41. The van der Waals surface area contributed by atoms with E-state index in [-0.39, 0.29) is 11.1 Å². The number of nitro benzene ring substituents is 1. The number of pyridine rings is 1. The van der Waals surface area contributed by atoms with E-state index in [1.807, 2.05) is 0 Å². The average molecular weight is 274 g/mol. The monoisotopic (exact) mass is 274 g/mol. The van der Waals surface area contributed by atoms with Crippen LogP contribution in [0, 0.1) is 15.5 Å². The summed E-state index contributed by atoms with van der Waals surface area (Å²) < 4.78 is 0. The molecule has 0 aliphatic rings. The zero-order valence-corrected chi connectivity index (χ0v) is 11.6. The molecule has 1 heterocycles. The molecule has 2 aromatic rings. The van der Waals surface area contributed by atoms with Crippen molar-refractivity contribution in [2.24, 2.45) is 11.1 Å². The predicted molar refractivity (Wildman–Crippen MR) is 79.7 cm³/mol. The maximum atomic E-state index is 11.0. The van der Waals surface area contributed by atoms with Gasteiger partial charge in [0.15, 0.2) is 0 Å². The Balaban J connectivity index is 2.41. The number of rotatable bonds is 5. The van der Waals surface area contributed by atoms with Crippen molar-refractivity contribution in [1.29, 1.82) is 0 Å². The Morgan fingerprint density at radius 1 is 1.40 bits per heavy atom. The first-order valence-corrected chi connectivity index (χ1v) is 6.41.